The number of rotatable bonds is 5. The first-order chi connectivity index (χ1) is 12.1. The van der Waals surface area contributed by atoms with Gasteiger partial charge in [0.2, 0.25) is 0 Å². The fourth-order valence-corrected chi connectivity index (χ4v) is 3.25. The SMILES string of the molecule is Cc1ccc(-c2nc(CN(C)C[C@@H]3Cc4ccccc4O3)c(C)o2)o1. The summed E-state index contributed by atoms with van der Waals surface area (Å²) in [5, 5.41) is 0. The first kappa shape index (κ1) is 16.0. The van der Waals surface area contributed by atoms with Gasteiger partial charge in [0, 0.05) is 19.5 Å². The molecule has 4 rings (SSSR count). The molecule has 0 radical (unpaired) electrons. The van der Waals surface area contributed by atoms with Crippen LogP contribution in [0, 0.1) is 13.8 Å². The number of nitrogens with zero attached hydrogens (tertiary/aromatic N) is 2. The van der Waals surface area contributed by atoms with Crippen LogP contribution < -0.4 is 4.74 Å². The number of aryl methyl sites for hydroxylation is 2. The number of fused-ring (bicyclic) bond motifs is 1. The topological polar surface area (TPSA) is 51.6 Å². The van der Waals surface area contributed by atoms with Crippen molar-refractivity contribution >= 4 is 0 Å². The maximum atomic E-state index is 6.02. The van der Waals surface area contributed by atoms with Gasteiger partial charge in [0.1, 0.15) is 23.4 Å². The van der Waals surface area contributed by atoms with Gasteiger partial charge in [-0.25, -0.2) is 4.98 Å². The van der Waals surface area contributed by atoms with Crippen molar-refractivity contribution in [1.29, 1.82) is 0 Å². The van der Waals surface area contributed by atoms with Gasteiger partial charge in [0.15, 0.2) is 5.76 Å². The van der Waals surface area contributed by atoms with Gasteiger partial charge in [-0.3, -0.25) is 4.90 Å². The number of benzene rings is 1. The van der Waals surface area contributed by atoms with Crippen molar-refractivity contribution in [3.05, 3.63) is 59.2 Å². The van der Waals surface area contributed by atoms with Crippen LogP contribution in [0.4, 0.5) is 0 Å². The number of furan rings is 1. The van der Waals surface area contributed by atoms with E-state index in [1.165, 1.54) is 5.56 Å². The van der Waals surface area contributed by atoms with Crippen LogP contribution in [0.1, 0.15) is 22.8 Å². The second kappa shape index (κ2) is 6.41. The van der Waals surface area contributed by atoms with Crippen molar-refractivity contribution in [2.75, 3.05) is 13.6 Å². The molecule has 0 bridgehead atoms. The molecule has 5 nitrogen and oxygen atoms in total. The quantitative estimate of drug-likeness (QED) is 0.704. The molecule has 0 unspecified atom stereocenters. The normalized spacial score (nSPS) is 16.2. The molecule has 3 heterocycles. The molecule has 1 aliphatic heterocycles. The molecular weight excluding hydrogens is 316 g/mol. The largest absolute Gasteiger partial charge is 0.488 e. The lowest BCUT2D eigenvalue weighted by molar-refractivity contribution is 0.164. The van der Waals surface area contributed by atoms with E-state index >= 15 is 0 Å². The van der Waals surface area contributed by atoms with E-state index in [2.05, 4.69) is 29.1 Å². The Morgan fingerprint density at radius 3 is 2.72 bits per heavy atom. The number of hydrogen-bond donors (Lipinski definition) is 0. The molecule has 0 fully saturated rings. The van der Waals surface area contributed by atoms with Crippen molar-refractivity contribution in [3.63, 3.8) is 0 Å². The molecule has 3 aromatic rings. The first-order valence-corrected chi connectivity index (χ1v) is 8.54. The monoisotopic (exact) mass is 338 g/mol. The van der Waals surface area contributed by atoms with E-state index in [-0.39, 0.29) is 6.10 Å². The van der Waals surface area contributed by atoms with E-state index in [9.17, 15) is 0 Å². The number of ether oxygens (including phenoxy) is 1. The first-order valence-electron chi connectivity index (χ1n) is 8.54. The van der Waals surface area contributed by atoms with Crippen molar-refractivity contribution < 1.29 is 13.6 Å². The van der Waals surface area contributed by atoms with E-state index in [1.54, 1.807) is 0 Å². The van der Waals surface area contributed by atoms with Crippen LogP contribution in [0.3, 0.4) is 0 Å². The van der Waals surface area contributed by atoms with Crippen molar-refractivity contribution in [2.45, 2.75) is 32.9 Å². The van der Waals surface area contributed by atoms with E-state index in [0.717, 1.165) is 35.9 Å². The summed E-state index contributed by atoms with van der Waals surface area (Å²) in [7, 11) is 2.08. The van der Waals surface area contributed by atoms with Crippen molar-refractivity contribution in [1.82, 2.24) is 9.88 Å². The Hall–Kier alpha value is -2.53. The molecule has 1 atom stereocenters. The Morgan fingerprint density at radius 2 is 1.96 bits per heavy atom. The predicted octanol–water partition coefficient (Wildman–Crippen LogP) is 3.99. The zero-order valence-corrected chi connectivity index (χ0v) is 14.8. The summed E-state index contributed by atoms with van der Waals surface area (Å²) in [6, 6.07) is 12.0. The van der Waals surface area contributed by atoms with Gasteiger partial charge in [-0.1, -0.05) is 18.2 Å². The molecule has 0 N–H and O–H groups in total. The van der Waals surface area contributed by atoms with Crippen LogP contribution in [0.25, 0.3) is 11.7 Å². The molecule has 0 saturated carbocycles. The third kappa shape index (κ3) is 3.33. The Balaban J connectivity index is 1.40. The summed E-state index contributed by atoms with van der Waals surface area (Å²) in [6.45, 7) is 5.41. The summed E-state index contributed by atoms with van der Waals surface area (Å²) < 4.78 is 17.4. The van der Waals surface area contributed by atoms with E-state index < -0.39 is 0 Å². The average molecular weight is 338 g/mol. The highest BCUT2D eigenvalue weighted by atomic mass is 16.5. The highest BCUT2D eigenvalue weighted by Gasteiger charge is 2.24. The zero-order chi connectivity index (χ0) is 17.4. The van der Waals surface area contributed by atoms with Crippen LogP contribution in [-0.2, 0) is 13.0 Å². The van der Waals surface area contributed by atoms with Gasteiger partial charge in [0.05, 0.1) is 5.69 Å². The Morgan fingerprint density at radius 1 is 1.12 bits per heavy atom. The van der Waals surface area contributed by atoms with E-state index in [1.807, 2.05) is 38.1 Å². The van der Waals surface area contributed by atoms with Crippen LogP contribution >= 0.6 is 0 Å². The van der Waals surface area contributed by atoms with Crippen LogP contribution in [-0.4, -0.2) is 29.6 Å². The fraction of sp³-hybridized carbons (Fsp3) is 0.350. The van der Waals surface area contributed by atoms with E-state index in [4.69, 9.17) is 13.6 Å². The summed E-state index contributed by atoms with van der Waals surface area (Å²) in [5.41, 5.74) is 2.22. The minimum absolute atomic E-state index is 0.182. The second-order valence-corrected chi connectivity index (χ2v) is 6.68. The minimum Gasteiger partial charge on any atom is -0.488 e. The maximum Gasteiger partial charge on any atom is 0.263 e. The van der Waals surface area contributed by atoms with Crippen molar-refractivity contribution in [2.24, 2.45) is 0 Å². The molecule has 0 aliphatic carbocycles. The van der Waals surface area contributed by atoms with Gasteiger partial charge < -0.3 is 13.6 Å². The predicted molar refractivity (Wildman–Crippen MR) is 94.6 cm³/mol. The summed E-state index contributed by atoms with van der Waals surface area (Å²) >= 11 is 0. The number of aromatic nitrogens is 1. The molecule has 0 spiro atoms. The highest BCUT2D eigenvalue weighted by molar-refractivity contribution is 5.45. The molecule has 0 amide bonds. The van der Waals surface area contributed by atoms with Gasteiger partial charge in [-0.15, -0.1) is 0 Å². The number of para-hydroxylation sites is 1. The van der Waals surface area contributed by atoms with Crippen LogP contribution in [0.2, 0.25) is 0 Å². The molecular formula is C20H22N2O3. The lowest BCUT2D eigenvalue weighted by Crippen LogP contribution is -2.31. The standard InChI is InChI=1S/C20H22N2O3/c1-13-8-9-19(23-13)20-21-17(14(2)24-20)12-22(3)11-16-10-15-6-4-5-7-18(15)25-16/h4-9,16H,10-12H2,1-3H3/t16-/m0/s1. The Kier molecular flexibility index (Phi) is 4.09. The maximum absolute atomic E-state index is 6.02. The lowest BCUT2D eigenvalue weighted by atomic mass is 10.1. The third-order valence-electron chi connectivity index (χ3n) is 4.49. The minimum atomic E-state index is 0.182. The van der Waals surface area contributed by atoms with E-state index in [0.29, 0.717) is 18.2 Å². The molecule has 2 aromatic heterocycles. The average Bonchev–Trinajstić information content (AvgIpc) is 3.26. The molecule has 25 heavy (non-hydrogen) atoms. The number of hydrogen-bond acceptors (Lipinski definition) is 5. The van der Waals surface area contributed by atoms with Gasteiger partial charge in [0.25, 0.3) is 5.89 Å². The highest BCUT2D eigenvalue weighted by Crippen LogP contribution is 2.29. The van der Waals surface area contributed by atoms with Gasteiger partial charge in [-0.2, -0.15) is 0 Å². The number of likely N-dealkylation sites (N-methyl/N-ethyl adjacent to an activating group) is 1. The van der Waals surface area contributed by atoms with Crippen molar-refractivity contribution in [3.8, 4) is 17.4 Å². The second-order valence-electron chi connectivity index (χ2n) is 6.68. The smallest absolute Gasteiger partial charge is 0.263 e. The van der Waals surface area contributed by atoms with Crippen LogP contribution in [0.5, 0.6) is 5.75 Å². The number of oxazole rings is 1. The summed E-state index contributed by atoms with van der Waals surface area (Å²) in [6.07, 6.45) is 1.14. The molecule has 1 aliphatic rings. The molecule has 1 aromatic carbocycles. The summed E-state index contributed by atoms with van der Waals surface area (Å²) in [5.74, 6) is 3.89. The summed E-state index contributed by atoms with van der Waals surface area (Å²) in [4.78, 5) is 6.83. The molecule has 130 valence electrons. The molecule has 0 saturated heterocycles. The third-order valence-corrected chi connectivity index (χ3v) is 4.49. The zero-order valence-electron chi connectivity index (χ0n) is 14.8. The van der Waals surface area contributed by atoms with Gasteiger partial charge in [-0.05, 0) is 44.7 Å². The fourth-order valence-electron chi connectivity index (χ4n) is 3.25. The van der Waals surface area contributed by atoms with Gasteiger partial charge >= 0.3 is 0 Å². The Labute approximate surface area is 147 Å². The van der Waals surface area contributed by atoms with Crippen LogP contribution in [0.15, 0.2) is 45.2 Å². The Bertz CT molecular complexity index is 856. The lowest BCUT2D eigenvalue weighted by Gasteiger charge is -2.19. The molecule has 5 heteroatoms.